The van der Waals surface area contributed by atoms with Gasteiger partial charge in [-0.15, -0.1) is 0 Å². The van der Waals surface area contributed by atoms with E-state index in [1.165, 1.54) is 25.3 Å². The molecule has 2 rings (SSSR count). The van der Waals surface area contributed by atoms with E-state index in [0.29, 0.717) is 24.9 Å². The van der Waals surface area contributed by atoms with Crippen LogP contribution in [-0.2, 0) is 9.53 Å². The van der Waals surface area contributed by atoms with Crippen molar-refractivity contribution in [2.45, 2.75) is 26.9 Å². The molecular formula is C18H23F2NO5. The molecule has 1 aromatic carbocycles. The maximum absolute atomic E-state index is 12.3. The van der Waals surface area contributed by atoms with E-state index in [4.69, 9.17) is 9.47 Å². The van der Waals surface area contributed by atoms with Crippen molar-refractivity contribution in [2.24, 2.45) is 11.8 Å². The third kappa shape index (κ3) is 5.31. The number of hydrogen-bond acceptors (Lipinski definition) is 5. The first-order chi connectivity index (χ1) is 12.3. The number of rotatable bonds is 6. The number of likely N-dealkylation sites (tertiary alicyclic amines) is 1. The molecule has 0 N–H and O–H groups in total. The van der Waals surface area contributed by atoms with E-state index >= 15 is 0 Å². The molecule has 1 fully saturated rings. The van der Waals surface area contributed by atoms with E-state index < -0.39 is 12.6 Å². The van der Waals surface area contributed by atoms with Crippen LogP contribution in [0.2, 0.25) is 0 Å². The highest BCUT2D eigenvalue weighted by molar-refractivity contribution is 5.92. The molecule has 6 nitrogen and oxygen atoms in total. The van der Waals surface area contributed by atoms with Crippen LogP contribution in [0.3, 0.4) is 0 Å². The van der Waals surface area contributed by atoms with Crippen molar-refractivity contribution >= 4 is 11.9 Å². The normalized spacial score (nSPS) is 20.0. The molecule has 1 saturated heterocycles. The second-order valence-corrected chi connectivity index (χ2v) is 6.57. The van der Waals surface area contributed by atoms with Crippen LogP contribution in [0.5, 0.6) is 11.5 Å². The molecule has 0 spiro atoms. The van der Waals surface area contributed by atoms with Crippen molar-refractivity contribution in [1.82, 2.24) is 4.90 Å². The SMILES string of the molecule is COc1cc(C(=O)OCC(=O)N2CC(C)CC(C)C2)ccc1OC(F)F. The Labute approximate surface area is 151 Å². The predicted molar refractivity (Wildman–Crippen MR) is 89.4 cm³/mol. The smallest absolute Gasteiger partial charge is 0.387 e. The summed E-state index contributed by atoms with van der Waals surface area (Å²) in [7, 11) is 1.27. The molecule has 2 atom stereocenters. The molecule has 1 heterocycles. The number of ether oxygens (including phenoxy) is 3. The van der Waals surface area contributed by atoms with Gasteiger partial charge in [-0.3, -0.25) is 4.79 Å². The van der Waals surface area contributed by atoms with Crippen LogP contribution < -0.4 is 9.47 Å². The minimum absolute atomic E-state index is 0.0234. The van der Waals surface area contributed by atoms with Gasteiger partial charge in [-0.2, -0.15) is 8.78 Å². The van der Waals surface area contributed by atoms with Gasteiger partial charge in [0.05, 0.1) is 12.7 Å². The van der Waals surface area contributed by atoms with Gasteiger partial charge in [0.2, 0.25) is 0 Å². The largest absolute Gasteiger partial charge is 0.493 e. The van der Waals surface area contributed by atoms with Crippen LogP contribution in [0, 0.1) is 11.8 Å². The van der Waals surface area contributed by atoms with Crippen molar-refractivity contribution in [3.8, 4) is 11.5 Å². The zero-order chi connectivity index (χ0) is 19.3. The summed E-state index contributed by atoms with van der Waals surface area (Å²) in [5, 5.41) is 0. The summed E-state index contributed by atoms with van der Waals surface area (Å²) in [6.45, 7) is 2.08. The fourth-order valence-electron chi connectivity index (χ4n) is 3.16. The van der Waals surface area contributed by atoms with Crippen LogP contribution in [-0.4, -0.2) is 50.2 Å². The number of esters is 1. The van der Waals surface area contributed by atoms with Crippen molar-refractivity contribution < 1.29 is 32.6 Å². The van der Waals surface area contributed by atoms with Crippen LogP contribution in [0.1, 0.15) is 30.6 Å². The molecule has 1 amide bonds. The average molecular weight is 371 g/mol. The van der Waals surface area contributed by atoms with E-state index in [0.717, 1.165) is 6.42 Å². The number of carbonyl (C=O) groups excluding carboxylic acids is 2. The van der Waals surface area contributed by atoms with Crippen LogP contribution in [0.15, 0.2) is 18.2 Å². The second kappa shape index (κ2) is 8.82. The summed E-state index contributed by atoms with van der Waals surface area (Å²) in [5.41, 5.74) is 0.0802. The first kappa shape index (κ1) is 19.9. The Morgan fingerprint density at radius 3 is 2.42 bits per heavy atom. The lowest BCUT2D eigenvalue weighted by Crippen LogP contribution is -2.44. The van der Waals surface area contributed by atoms with Crippen molar-refractivity contribution in [2.75, 3.05) is 26.8 Å². The van der Waals surface area contributed by atoms with Gasteiger partial charge in [-0.25, -0.2) is 4.79 Å². The molecule has 1 aromatic rings. The van der Waals surface area contributed by atoms with Gasteiger partial charge in [0.15, 0.2) is 18.1 Å². The highest BCUT2D eigenvalue weighted by atomic mass is 19.3. The minimum atomic E-state index is -3.01. The molecule has 0 bridgehead atoms. The van der Waals surface area contributed by atoms with Gasteiger partial charge in [0, 0.05) is 13.1 Å². The van der Waals surface area contributed by atoms with Crippen molar-refractivity contribution in [1.29, 1.82) is 0 Å². The maximum Gasteiger partial charge on any atom is 0.387 e. The number of halogens is 2. The molecule has 26 heavy (non-hydrogen) atoms. The molecule has 1 aliphatic heterocycles. The third-order valence-electron chi connectivity index (χ3n) is 4.16. The number of hydrogen-bond donors (Lipinski definition) is 0. The third-order valence-corrected chi connectivity index (χ3v) is 4.16. The number of benzene rings is 1. The van der Waals surface area contributed by atoms with E-state index in [1.54, 1.807) is 4.90 Å². The quantitative estimate of drug-likeness (QED) is 0.720. The van der Waals surface area contributed by atoms with E-state index in [2.05, 4.69) is 18.6 Å². The summed E-state index contributed by atoms with van der Waals surface area (Å²) in [6.07, 6.45) is 1.07. The zero-order valence-electron chi connectivity index (χ0n) is 15.0. The Hall–Kier alpha value is -2.38. The van der Waals surface area contributed by atoms with Gasteiger partial charge in [-0.05, 0) is 36.5 Å². The molecule has 144 valence electrons. The Morgan fingerprint density at radius 2 is 1.85 bits per heavy atom. The maximum atomic E-state index is 12.3. The lowest BCUT2D eigenvalue weighted by atomic mass is 9.92. The Morgan fingerprint density at radius 1 is 1.19 bits per heavy atom. The van der Waals surface area contributed by atoms with E-state index in [9.17, 15) is 18.4 Å². The Bertz CT molecular complexity index is 642. The first-order valence-corrected chi connectivity index (χ1v) is 8.38. The molecule has 0 radical (unpaired) electrons. The van der Waals surface area contributed by atoms with E-state index in [-0.39, 0.29) is 29.6 Å². The number of carbonyl (C=O) groups is 2. The molecule has 0 aromatic heterocycles. The fourth-order valence-corrected chi connectivity index (χ4v) is 3.16. The highest BCUT2D eigenvalue weighted by Crippen LogP contribution is 2.29. The number of piperidine rings is 1. The lowest BCUT2D eigenvalue weighted by molar-refractivity contribution is -0.137. The monoisotopic (exact) mass is 371 g/mol. The summed E-state index contributed by atoms with van der Waals surface area (Å²) in [6, 6.07) is 3.70. The van der Waals surface area contributed by atoms with Gasteiger partial charge < -0.3 is 19.1 Å². The molecule has 8 heteroatoms. The van der Waals surface area contributed by atoms with Crippen molar-refractivity contribution in [3.05, 3.63) is 23.8 Å². The number of methoxy groups -OCH3 is 1. The number of alkyl halides is 2. The fraction of sp³-hybridized carbons (Fsp3) is 0.556. The van der Waals surface area contributed by atoms with Crippen LogP contribution in [0.25, 0.3) is 0 Å². The summed E-state index contributed by atoms with van der Waals surface area (Å²) < 4.78 is 38.9. The summed E-state index contributed by atoms with van der Waals surface area (Å²) >= 11 is 0. The van der Waals surface area contributed by atoms with Crippen LogP contribution >= 0.6 is 0 Å². The molecule has 1 aliphatic rings. The van der Waals surface area contributed by atoms with Crippen LogP contribution in [0.4, 0.5) is 8.78 Å². The molecular weight excluding hydrogens is 348 g/mol. The van der Waals surface area contributed by atoms with Crippen molar-refractivity contribution in [3.63, 3.8) is 0 Å². The summed E-state index contributed by atoms with van der Waals surface area (Å²) in [4.78, 5) is 26.1. The standard InChI is InChI=1S/C18H23F2NO5/c1-11-6-12(2)9-21(8-11)16(22)10-25-17(23)13-4-5-14(26-18(19)20)15(7-13)24-3/h4-5,7,11-12,18H,6,8-10H2,1-3H3. The van der Waals surface area contributed by atoms with Gasteiger partial charge in [-0.1, -0.05) is 13.8 Å². The zero-order valence-corrected chi connectivity index (χ0v) is 15.0. The Kier molecular flexibility index (Phi) is 6.76. The predicted octanol–water partition coefficient (Wildman–Crippen LogP) is 2.96. The molecule has 2 unspecified atom stereocenters. The Balaban J connectivity index is 1.96. The molecule has 0 saturated carbocycles. The minimum Gasteiger partial charge on any atom is -0.493 e. The lowest BCUT2D eigenvalue weighted by Gasteiger charge is -2.34. The second-order valence-electron chi connectivity index (χ2n) is 6.57. The molecule has 0 aliphatic carbocycles. The first-order valence-electron chi connectivity index (χ1n) is 8.38. The summed E-state index contributed by atoms with van der Waals surface area (Å²) in [5.74, 6) is -0.383. The van der Waals surface area contributed by atoms with Gasteiger partial charge >= 0.3 is 12.6 Å². The average Bonchev–Trinajstić information content (AvgIpc) is 2.58. The number of amides is 1. The topological polar surface area (TPSA) is 65.1 Å². The highest BCUT2D eigenvalue weighted by Gasteiger charge is 2.26. The van der Waals surface area contributed by atoms with Gasteiger partial charge in [0.1, 0.15) is 0 Å². The van der Waals surface area contributed by atoms with Gasteiger partial charge in [0.25, 0.3) is 5.91 Å². The van der Waals surface area contributed by atoms with E-state index in [1.807, 2.05) is 0 Å². The number of nitrogens with zero attached hydrogens (tertiary/aromatic N) is 1.